The van der Waals surface area contributed by atoms with E-state index in [0.29, 0.717) is 6.61 Å². The van der Waals surface area contributed by atoms with Crippen molar-refractivity contribution in [1.29, 1.82) is 0 Å². The Bertz CT molecular complexity index is 743. The van der Waals surface area contributed by atoms with Crippen LogP contribution in [0.4, 0.5) is 4.79 Å². The molecule has 0 N–H and O–H groups in total. The Balaban J connectivity index is 1.73. The summed E-state index contributed by atoms with van der Waals surface area (Å²) in [6.07, 6.45) is 3.51. The van der Waals surface area contributed by atoms with Gasteiger partial charge in [0.15, 0.2) is 0 Å². The van der Waals surface area contributed by atoms with Gasteiger partial charge in [-0.05, 0) is 24.5 Å². The number of aromatic nitrogens is 1. The Kier molecular flexibility index (Phi) is 5.87. The van der Waals surface area contributed by atoms with E-state index in [1.54, 1.807) is 11.8 Å². The molecule has 3 rings (SSSR count). The molecule has 1 saturated heterocycles. The fourth-order valence-electron chi connectivity index (χ4n) is 3.14. The van der Waals surface area contributed by atoms with Crippen LogP contribution in [0.25, 0.3) is 0 Å². The predicted octanol–water partition coefficient (Wildman–Crippen LogP) is 5.45. The third-order valence-corrected chi connectivity index (χ3v) is 5.40. The van der Waals surface area contributed by atoms with Crippen LogP contribution in [-0.2, 0) is 11.3 Å². The second-order valence-corrected chi connectivity index (χ2v) is 9.32. The maximum absolute atomic E-state index is 12.7. The van der Waals surface area contributed by atoms with E-state index in [2.05, 4.69) is 31.8 Å². The number of carbonyl (C=O) groups excluding carboxylic acids is 1. The van der Waals surface area contributed by atoms with Crippen molar-refractivity contribution in [3.8, 4) is 0 Å². The Morgan fingerprint density at radius 1 is 1.23 bits per heavy atom. The van der Waals surface area contributed by atoms with Crippen LogP contribution >= 0.6 is 11.8 Å². The van der Waals surface area contributed by atoms with Gasteiger partial charge in [-0.25, -0.2) is 9.78 Å². The zero-order chi connectivity index (χ0) is 18.6. The molecule has 2 aromatic rings. The smallest absolute Gasteiger partial charge is 0.410 e. The van der Waals surface area contributed by atoms with Crippen molar-refractivity contribution >= 4 is 17.9 Å². The number of benzene rings is 1. The quantitative estimate of drug-likeness (QED) is 0.672. The average Bonchev–Trinajstić information content (AvgIpc) is 3.09. The number of ether oxygens (including phenoxy) is 1. The summed E-state index contributed by atoms with van der Waals surface area (Å²) in [5.74, 6) is 0. The molecule has 0 bridgehead atoms. The molecule has 1 fully saturated rings. The van der Waals surface area contributed by atoms with Gasteiger partial charge in [-0.1, -0.05) is 57.2 Å². The summed E-state index contributed by atoms with van der Waals surface area (Å²) in [6.45, 7) is 7.57. The average molecular weight is 371 g/mol. The summed E-state index contributed by atoms with van der Waals surface area (Å²) >= 11 is 1.75. The molecule has 0 spiro atoms. The number of pyridine rings is 1. The lowest BCUT2D eigenvalue weighted by atomic mass is 10.1. The van der Waals surface area contributed by atoms with Gasteiger partial charge in [-0.3, -0.25) is 0 Å². The lowest BCUT2D eigenvalue weighted by Gasteiger charge is -2.27. The number of amides is 1. The van der Waals surface area contributed by atoms with E-state index in [4.69, 9.17) is 4.74 Å². The number of likely N-dealkylation sites (tertiary alicyclic amines) is 1. The van der Waals surface area contributed by atoms with Gasteiger partial charge >= 0.3 is 6.09 Å². The highest BCUT2D eigenvalue weighted by Gasteiger charge is 2.33. The van der Waals surface area contributed by atoms with Gasteiger partial charge in [0.2, 0.25) is 0 Å². The van der Waals surface area contributed by atoms with Crippen LogP contribution in [-0.4, -0.2) is 27.3 Å². The fourth-order valence-corrected chi connectivity index (χ4v) is 4.16. The minimum Gasteiger partial charge on any atom is -0.445 e. The molecule has 1 aliphatic rings. The lowest BCUT2D eigenvalue weighted by molar-refractivity contribution is 0.0916. The zero-order valence-electron chi connectivity index (χ0n) is 15.6. The molecule has 0 saturated carbocycles. The first-order valence-electron chi connectivity index (χ1n) is 9.05. The largest absolute Gasteiger partial charge is 0.445 e. The van der Waals surface area contributed by atoms with Crippen molar-refractivity contribution in [1.82, 2.24) is 9.88 Å². The zero-order valence-corrected chi connectivity index (χ0v) is 16.5. The topological polar surface area (TPSA) is 42.4 Å². The lowest BCUT2D eigenvalue weighted by Crippen LogP contribution is -2.31. The summed E-state index contributed by atoms with van der Waals surface area (Å²) in [7, 11) is 0. The number of thioether (sulfide) groups is 1. The van der Waals surface area contributed by atoms with Gasteiger partial charge in [0.05, 0.1) is 6.04 Å². The first kappa shape index (κ1) is 18.8. The highest BCUT2D eigenvalue weighted by Crippen LogP contribution is 2.40. The normalized spacial score (nSPS) is 17.3. The summed E-state index contributed by atoms with van der Waals surface area (Å²) in [5.41, 5.74) is 2.13. The molecule has 138 valence electrons. The van der Waals surface area contributed by atoms with Crippen LogP contribution in [0.2, 0.25) is 0 Å². The van der Waals surface area contributed by atoms with Crippen molar-refractivity contribution in [3.63, 3.8) is 0 Å². The van der Waals surface area contributed by atoms with Crippen LogP contribution in [0.3, 0.4) is 0 Å². The summed E-state index contributed by atoms with van der Waals surface area (Å²) in [5, 5.41) is 1.01. The molecule has 0 radical (unpaired) electrons. The fraction of sp³-hybridized carbons (Fsp3) is 0.429. The first-order chi connectivity index (χ1) is 12.4. The highest BCUT2D eigenvalue weighted by molar-refractivity contribution is 8.00. The molecule has 1 atom stereocenters. The molecule has 0 aliphatic carbocycles. The molecule has 2 heterocycles. The van der Waals surface area contributed by atoms with Crippen molar-refractivity contribution in [2.75, 3.05) is 6.54 Å². The van der Waals surface area contributed by atoms with Crippen molar-refractivity contribution in [3.05, 3.63) is 59.8 Å². The molecule has 1 amide bonds. The summed E-state index contributed by atoms with van der Waals surface area (Å²) in [6, 6.07) is 13.9. The second-order valence-electron chi connectivity index (χ2n) is 7.50. The molecule has 5 heteroatoms. The molecule has 1 aromatic heterocycles. The molecule has 1 aliphatic heterocycles. The van der Waals surface area contributed by atoms with Crippen LogP contribution in [0.15, 0.2) is 53.7 Å². The molecule has 1 aromatic carbocycles. The predicted molar refractivity (Wildman–Crippen MR) is 105 cm³/mol. The number of hydrogen-bond acceptors (Lipinski definition) is 4. The van der Waals surface area contributed by atoms with E-state index in [1.807, 2.05) is 47.5 Å². The maximum Gasteiger partial charge on any atom is 0.410 e. The Morgan fingerprint density at radius 3 is 2.73 bits per heavy atom. The molecule has 4 nitrogen and oxygen atoms in total. The van der Waals surface area contributed by atoms with Crippen molar-refractivity contribution < 1.29 is 9.53 Å². The molecule has 1 unspecified atom stereocenters. The van der Waals surface area contributed by atoms with E-state index < -0.39 is 0 Å². The standard InChI is InChI=1S/C21H26N2O2S/c1-21(2,3)26-19-17(11-7-13-22-19)18-12-8-14-23(18)20(24)25-15-16-9-5-4-6-10-16/h4-7,9-11,13,18H,8,12,14-15H2,1-3H3. The maximum atomic E-state index is 12.7. The van der Waals surface area contributed by atoms with Crippen molar-refractivity contribution in [2.45, 2.75) is 56.0 Å². The number of hydrogen-bond donors (Lipinski definition) is 0. The molecular formula is C21H26N2O2S. The Hall–Kier alpha value is -2.01. The second kappa shape index (κ2) is 8.12. The number of rotatable bonds is 4. The third kappa shape index (κ3) is 4.79. The van der Waals surface area contributed by atoms with Gasteiger partial charge < -0.3 is 9.64 Å². The van der Waals surface area contributed by atoms with Crippen molar-refractivity contribution in [2.24, 2.45) is 0 Å². The van der Waals surface area contributed by atoms with Crippen LogP contribution < -0.4 is 0 Å². The van der Waals surface area contributed by atoms with E-state index in [1.165, 1.54) is 0 Å². The highest BCUT2D eigenvalue weighted by atomic mass is 32.2. The SMILES string of the molecule is CC(C)(C)Sc1ncccc1C1CCCN1C(=O)OCc1ccccc1. The first-order valence-corrected chi connectivity index (χ1v) is 9.87. The van der Waals surface area contributed by atoms with E-state index >= 15 is 0 Å². The van der Waals surface area contributed by atoms with Gasteiger partial charge in [-0.2, -0.15) is 0 Å². The van der Waals surface area contributed by atoms with E-state index in [0.717, 1.165) is 35.5 Å². The van der Waals surface area contributed by atoms with E-state index in [9.17, 15) is 4.79 Å². The van der Waals surface area contributed by atoms with Gasteiger partial charge in [0.25, 0.3) is 0 Å². The summed E-state index contributed by atoms with van der Waals surface area (Å²) in [4.78, 5) is 19.1. The van der Waals surface area contributed by atoms with Crippen LogP contribution in [0.5, 0.6) is 0 Å². The molecule has 26 heavy (non-hydrogen) atoms. The Morgan fingerprint density at radius 2 is 2.00 bits per heavy atom. The van der Waals surface area contributed by atoms with Gasteiger partial charge in [0.1, 0.15) is 11.6 Å². The van der Waals surface area contributed by atoms with Gasteiger partial charge in [-0.15, -0.1) is 11.8 Å². The van der Waals surface area contributed by atoms with E-state index in [-0.39, 0.29) is 16.9 Å². The van der Waals surface area contributed by atoms with Crippen LogP contribution in [0.1, 0.15) is 50.8 Å². The minimum absolute atomic E-state index is 0.0387. The number of carbonyl (C=O) groups is 1. The molecular weight excluding hydrogens is 344 g/mol. The van der Waals surface area contributed by atoms with Crippen LogP contribution in [0, 0.1) is 0 Å². The van der Waals surface area contributed by atoms with Gasteiger partial charge in [0, 0.05) is 23.1 Å². The monoisotopic (exact) mass is 370 g/mol. The summed E-state index contributed by atoms with van der Waals surface area (Å²) < 4.78 is 5.63. The third-order valence-electron chi connectivity index (χ3n) is 4.25. The number of nitrogens with zero attached hydrogens (tertiary/aromatic N) is 2. The minimum atomic E-state index is -0.244. The Labute approximate surface area is 160 Å².